The molecule has 10 heteroatoms. The molecule has 0 bridgehead atoms. The molecule has 136 valence electrons. The Labute approximate surface area is 153 Å². The molecule has 8 nitrogen and oxygen atoms in total. The number of likely N-dealkylation sites (N-methyl/N-ethyl adjacent to an activating group) is 1. The Morgan fingerprint density at radius 1 is 1.38 bits per heavy atom. The van der Waals surface area contributed by atoms with Crippen molar-refractivity contribution in [2.45, 2.75) is 26.3 Å². The third-order valence-electron chi connectivity index (χ3n) is 4.07. The van der Waals surface area contributed by atoms with Gasteiger partial charge in [0.15, 0.2) is 11.5 Å². The lowest BCUT2D eigenvalue weighted by molar-refractivity contribution is -0.121. The number of nitrogens with two attached hydrogens (primary N) is 1. The number of nitrogens with zero attached hydrogens (tertiary/aromatic N) is 4. The summed E-state index contributed by atoms with van der Waals surface area (Å²) in [5, 5.41) is 3.01. The first kappa shape index (κ1) is 22.4. The first-order valence-corrected chi connectivity index (χ1v) is 7.23. The number of carbonyl (C=O) groups excluding carboxylic acids is 1. The second-order valence-corrected chi connectivity index (χ2v) is 5.98. The van der Waals surface area contributed by atoms with Crippen LogP contribution in [-0.2, 0) is 4.79 Å². The van der Waals surface area contributed by atoms with Gasteiger partial charge in [-0.15, -0.1) is 24.8 Å². The van der Waals surface area contributed by atoms with Gasteiger partial charge < -0.3 is 20.9 Å². The topological polar surface area (TPSA) is 113 Å². The summed E-state index contributed by atoms with van der Waals surface area (Å²) >= 11 is 0. The zero-order valence-corrected chi connectivity index (χ0v) is 15.9. The molecule has 0 aliphatic carbocycles. The summed E-state index contributed by atoms with van der Waals surface area (Å²) in [5.41, 5.74) is 6.66. The van der Waals surface area contributed by atoms with E-state index < -0.39 is 5.54 Å². The number of imidazole rings is 1. The number of fused-ring (bicyclic) bond motifs is 1. The van der Waals surface area contributed by atoms with Crippen LogP contribution in [0.3, 0.4) is 0 Å². The Kier molecular flexibility index (Phi) is 8.39. The van der Waals surface area contributed by atoms with Gasteiger partial charge in [0.2, 0.25) is 5.91 Å². The number of anilines is 1. The molecule has 4 N–H and O–H groups in total. The van der Waals surface area contributed by atoms with Gasteiger partial charge >= 0.3 is 0 Å². The van der Waals surface area contributed by atoms with Crippen molar-refractivity contribution in [3.8, 4) is 0 Å². The zero-order chi connectivity index (χ0) is 16.3. The van der Waals surface area contributed by atoms with Crippen LogP contribution in [0.5, 0.6) is 0 Å². The minimum absolute atomic E-state index is 0. The number of aromatic nitrogens is 4. The molecule has 0 radical (unpaired) electrons. The lowest BCUT2D eigenvalue weighted by atomic mass is 9.88. The number of amides is 1. The quantitative estimate of drug-likeness (QED) is 0.694. The number of hydrogen-bond donors (Lipinski definition) is 3. The van der Waals surface area contributed by atoms with E-state index >= 15 is 0 Å². The number of halogens is 2. The molecule has 2 aromatic rings. The Bertz CT molecular complexity index is 663. The van der Waals surface area contributed by atoms with Crippen LogP contribution in [0.2, 0.25) is 0 Å². The monoisotopic (exact) mass is 377 g/mol. The van der Waals surface area contributed by atoms with Crippen molar-refractivity contribution in [1.29, 1.82) is 0 Å². The lowest BCUT2D eigenvalue weighted by Gasteiger charge is -2.34. The van der Waals surface area contributed by atoms with Gasteiger partial charge in [-0.1, -0.05) is 13.8 Å². The molecule has 24 heavy (non-hydrogen) atoms. The van der Waals surface area contributed by atoms with Gasteiger partial charge in [-0.2, -0.15) is 0 Å². The third-order valence-corrected chi connectivity index (χ3v) is 4.07. The Morgan fingerprint density at radius 3 is 2.62 bits per heavy atom. The number of carbonyl (C=O) groups is 1. The van der Waals surface area contributed by atoms with Crippen molar-refractivity contribution in [3.05, 3.63) is 12.7 Å². The van der Waals surface area contributed by atoms with Crippen molar-refractivity contribution >= 4 is 47.7 Å². The fourth-order valence-electron chi connectivity index (χ4n) is 2.12. The predicted octanol–water partition coefficient (Wildman–Crippen LogP) is 1.12. The van der Waals surface area contributed by atoms with Crippen molar-refractivity contribution in [2.24, 2.45) is 11.7 Å². The van der Waals surface area contributed by atoms with Gasteiger partial charge in [0.25, 0.3) is 0 Å². The predicted molar refractivity (Wildman–Crippen MR) is 99.9 cm³/mol. The molecule has 0 saturated carbocycles. The highest BCUT2D eigenvalue weighted by Crippen LogP contribution is 2.18. The molecule has 1 amide bonds. The zero-order valence-electron chi connectivity index (χ0n) is 14.2. The van der Waals surface area contributed by atoms with Gasteiger partial charge in [-0.3, -0.25) is 4.79 Å². The molecule has 0 saturated heterocycles. The SMILES string of the molecule is CC(C)C(C)(CN)NC(=O)CN(C)c1ncnc2nc[nH]c12.Cl.Cl. The van der Waals surface area contributed by atoms with E-state index in [1.807, 2.05) is 20.8 Å². The maximum Gasteiger partial charge on any atom is 0.240 e. The molecule has 2 rings (SSSR count). The van der Waals surface area contributed by atoms with Gasteiger partial charge in [-0.05, 0) is 12.8 Å². The summed E-state index contributed by atoms with van der Waals surface area (Å²) in [6.07, 6.45) is 2.99. The number of rotatable bonds is 6. The maximum absolute atomic E-state index is 12.3. The molecule has 1 atom stereocenters. The van der Waals surface area contributed by atoms with Gasteiger partial charge in [0.1, 0.15) is 11.8 Å². The molecule has 1 unspecified atom stereocenters. The molecule has 0 aromatic carbocycles. The molecule has 0 fully saturated rings. The molecule has 2 aromatic heterocycles. The van der Waals surface area contributed by atoms with Crippen LogP contribution in [0.4, 0.5) is 5.82 Å². The van der Waals surface area contributed by atoms with Crippen LogP contribution in [0.1, 0.15) is 20.8 Å². The van der Waals surface area contributed by atoms with Crippen LogP contribution in [0, 0.1) is 5.92 Å². The number of aromatic amines is 1. The van der Waals surface area contributed by atoms with Crippen molar-refractivity contribution in [3.63, 3.8) is 0 Å². The van der Waals surface area contributed by atoms with Crippen LogP contribution in [-0.4, -0.2) is 51.5 Å². The van der Waals surface area contributed by atoms with E-state index in [-0.39, 0.29) is 43.2 Å². The molecular formula is C14H25Cl2N7O. The van der Waals surface area contributed by atoms with E-state index in [2.05, 4.69) is 25.3 Å². The normalized spacial score (nSPS) is 12.9. The van der Waals surface area contributed by atoms with Gasteiger partial charge in [0.05, 0.1) is 18.4 Å². The Morgan fingerprint density at radius 2 is 2.04 bits per heavy atom. The standard InChI is InChI=1S/C14H23N7O.2ClH/c1-9(2)14(3,6-15)20-10(22)5-21(4)13-11-12(17-7-16-11)18-8-19-13;;/h7-9H,5-6,15H2,1-4H3,(H,20,22)(H,16,17,18,19);2*1H. The molecule has 0 aliphatic rings. The first-order chi connectivity index (χ1) is 10.4. The molecule has 0 aliphatic heterocycles. The van der Waals surface area contributed by atoms with Crippen LogP contribution < -0.4 is 16.0 Å². The summed E-state index contributed by atoms with van der Waals surface area (Å²) in [6, 6.07) is 0. The molecule has 2 heterocycles. The second kappa shape index (κ2) is 9.00. The van der Waals surface area contributed by atoms with Gasteiger partial charge in [0, 0.05) is 13.6 Å². The van der Waals surface area contributed by atoms with Crippen molar-refractivity contribution < 1.29 is 4.79 Å². The van der Waals surface area contributed by atoms with E-state index in [9.17, 15) is 4.79 Å². The number of nitrogens with one attached hydrogen (secondary N) is 2. The minimum Gasteiger partial charge on any atom is -0.348 e. The lowest BCUT2D eigenvalue weighted by Crippen LogP contribution is -2.56. The second-order valence-electron chi connectivity index (χ2n) is 5.98. The third kappa shape index (κ3) is 4.68. The first-order valence-electron chi connectivity index (χ1n) is 7.23. The number of H-pyrrole nitrogens is 1. The van der Waals surface area contributed by atoms with Crippen LogP contribution >= 0.6 is 24.8 Å². The summed E-state index contributed by atoms with van der Waals surface area (Å²) in [7, 11) is 1.80. The van der Waals surface area contributed by atoms with E-state index in [0.29, 0.717) is 23.5 Å². The Balaban J connectivity index is 0.00000264. The maximum atomic E-state index is 12.3. The summed E-state index contributed by atoms with van der Waals surface area (Å²) in [4.78, 5) is 29.4. The van der Waals surface area contributed by atoms with E-state index in [0.717, 1.165) is 0 Å². The van der Waals surface area contributed by atoms with Crippen molar-refractivity contribution in [1.82, 2.24) is 25.3 Å². The highest BCUT2D eigenvalue weighted by molar-refractivity contribution is 5.87. The van der Waals surface area contributed by atoms with Crippen LogP contribution in [0.15, 0.2) is 12.7 Å². The smallest absolute Gasteiger partial charge is 0.240 e. The largest absolute Gasteiger partial charge is 0.348 e. The average molecular weight is 378 g/mol. The van der Waals surface area contributed by atoms with E-state index in [1.54, 1.807) is 18.3 Å². The average Bonchev–Trinajstić information content (AvgIpc) is 2.94. The fourth-order valence-corrected chi connectivity index (χ4v) is 2.12. The van der Waals surface area contributed by atoms with E-state index in [1.165, 1.54) is 6.33 Å². The molecular weight excluding hydrogens is 353 g/mol. The summed E-state index contributed by atoms with van der Waals surface area (Å²) in [6.45, 7) is 6.59. The fraction of sp³-hybridized carbons (Fsp3) is 0.571. The molecule has 0 spiro atoms. The van der Waals surface area contributed by atoms with E-state index in [4.69, 9.17) is 5.73 Å². The highest BCUT2D eigenvalue weighted by Gasteiger charge is 2.29. The van der Waals surface area contributed by atoms with Gasteiger partial charge in [-0.25, -0.2) is 15.0 Å². The highest BCUT2D eigenvalue weighted by atomic mass is 35.5. The van der Waals surface area contributed by atoms with Crippen LogP contribution in [0.25, 0.3) is 11.2 Å². The Hall–Kier alpha value is -1.64. The summed E-state index contributed by atoms with van der Waals surface area (Å²) < 4.78 is 0. The van der Waals surface area contributed by atoms with Crippen molar-refractivity contribution in [2.75, 3.05) is 25.0 Å². The summed E-state index contributed by atoms with van der Waals surface area (Å²) in [5.74, 6) is 0.775. The number of hydrogen-bond acceptors (Lipinski definition) is 6. The minimum atomic E-state index is -0.424.